The van der Waals surface area contributed by atoms with E-state index in [0.29, 0.717) is 20.7 Å². The zero-order valence-electron chi connectivity index (χ0n) is 10.1. The van der Waals surface area contributed by atoms with Crippen LogP contribution in [0.3, 0.4) is 0 Å². The van der Waals surface area contributed by atoms with Crippen molar-refractivity contribution in [3.8, 4) is 0 Å². The van der Waals surface area contributed by atoms with Gasteiger partial charge < -0.3 is 11.1 Å². The van der Waals surface area contributed by atoms with Crippen molar-refractivity contribution in [1.29, 1.82) is 0 Å². The van der Waals surface area contributed by atoms with E-state index in [1.807, 2.05) is 0 Å². The van der Waals surface area contributed by atoms with E-state index in [2.05, 4.69) is 42.2 Å². The number of hydrogen-bond acceptors (Lipinski definition) is 3. The lowest BCUT2D eigenvalue weighted by Gasteiger charge is -2.09. The highest BCUT2D eigenvalue weighted by Crippen LogP contribution is 2.24. The minimum atomic E-state index is -0.248. The van der Waals surface area contributed by atoms with E-state index < -0.39 is 0 Å². The van der Waals surface area contributed by atoms with Crippen LogP contribution in [0.1, 0.15) is 15.9 Å². The molecular weight excluding hydrogens is 406 g/mol. The Kier molecular flexibility index (Phi) is 4.85. The number of nitrogens with one attached hydrogen (secondary N) is 1. The van der Waals surface area contributed by atoms with Crippen LogP contribution in [0.2, 0.25) is 0 Å². The third kappa shape index (κ3) is 3.62. The third-order valence-electron chi connectivity index (χ3n) is 2.47. The molecule has 0 atom stereocenters. The first-order valence-electron chi connectivity index (χ1n) is 5.48. The first kappa shape index (κ1) is 15.1. The molecular formula is C13H9Br2N3OS. The van der Waals surface area contributed by atoms with Gasteiger partial charge in [-0.05, 0) is 56.1 Å². The summed E-state index contributed by atoms with van der Waals surface area (Å²) in [4.78, 5) is 16.4. The molecule has 0 saturated carbocycles. The SMILES string of the molecule is NC(=S)c1ccc(NC(=O)c2cncc(Br)c2)c(Br)c1. The van der Waals surface area contributed by atoms with Crippen molar-refractivity contribution in [2.45, 2.75) is 0 Å². The Morgan fingerprint density at radius 1 is 1.20 bits per heavy atom. The van der Waals surface area contributed by atoms with Gasteiger partial charge >= 0.3 is 0 Å². The molecule has 1 aromatic heterocycles. The quantitative estimate of drug-likeness (QED) is 0.754. The normalized spacial score (nSPS) is 10.1. The zero-order valence-corrected chi connectivity index (χ0v) is 14.0. The van der Waals surface area contributed by atoms with Crippen molar-refractivity contribution in [2.75, 3.05) is 5.32 Å². The molecule has 0 spiro atoms. The van der Waals surface area contributed by atoms with Crippen LogP contribution in [0.4, 0.5) is 5.69 Å². The fraction of sp³-hybridized carbons (Fsp3) is 0. The molecule has 2 rings (SSSR count). The Hall–Kier alpha value is -1.31. The summed E-state index contributed by atoms with van der Waals surface area (Å²) in [7, 11) is 0. The van der Waals surface area contributed by atoms with Gasteiger partial charge in [-0.25, -0.2) is 0 Å². The summed E-state index contributed by atoms with van der Waals surface area (Å²) in [6.45, 7) is 0. The smallest absolute Gasteiger partial charge is 0.257 e. The molecule has 20 heavy (non-hydrogen) atoms. The number of amides is 1. The van der Waals surface area contributed by atoms with Gasteiger partial charge in [0, 0.05) is 26.9 Å². The maximum absolute atomic E-state index is 12.1. The predicted octanol–water partition coefficient (Wildman–Crippen LogP) is 3.49. The number of hydrogen-bond donors (Lipinski definition) is 2. The van der Waals surface area contributed by atoms with E-state index >= 15 is 0 Å². The van der Waals surface area contributed by atoms with Crippen molar-refractivity contribution in [2.24, 2.45) is 5.73 Å². The maximum Gasteiger partial charge on any atom is 0.257 e. The number of benzene rings is 1. The highest BCUT2D eigenvalue weighted by atomic mass is 79.9. The fourth-order valence-electron chi connectivity index (χ4n) is 1.50. The third-order valence-corrected chi connectivity index (χ3v) is 3.79. The summed E-state index contributed by atoms with van der Waals surface area (Å²) in [5, 5.41) is 2.79. The highest BCUT2D eigenvalue weighted by Gasteiger charge is 2.10. The first-order valence-corrected chi connectivity index (χ1v) is 7.48. The fourth-order valence-corrected chi connectivity index (χ4v) is 2.47. The molecule has 0 aliphatic heterocycles. The Labute approximate surface area is 138 Å². The number of thiocarbonyl (C=S) groups is 1. The molecule has 1 heterocycles. The molecule has 4 nitrogen and oxygen atoms in total. The van der Waals surface area contributed by atoms with Crippen LogP contribution in [0.15, 0.2) is 45.6 Å². The van der Waals surface area contributed by atoms with Crippen LogP contribution >= 0.6 is 44.1 Å². The summed E-state index contributed by atoms with van der Waals surface area (Å²) in [5.41, 5.74) is 7.38. The van der Waals surface area contributed by atoms with Gasteiger partial charge in [-0.15, -0.1) is 0 Å². The second kappa shape index (κ2) is 6.43. The van der Waals surface area contributed by atoms with E-state index in [9.17, 15) is 4.79 Å². The highest BCUT2D eigenvalue weighted by molar-refractivity contribution is 9.10. The summed E-state index contributed by atoms with van der Waals surface area (Å²) in [6, 6.07) is 6.94. The van der Waals surface area contributed by atoms with Crippen molar-refractivity contribution < 1.29 is 4.79 Å². The van der Waals surface area contributed by atoms with Crippen molar-refractivity contribution in [3.05, 3.63) is 56.7 Å². The molecule has 0 bridgehead atoms. The Morgan fingerprint density at radius 2 is 1.95 bits per heavy atom. The van der Waals surface area contributed by atoms with E-state index in [-0.39, 0.29) is 5.91 Å². The molecule has 0 fully saturated rings. The number of nitrogens with zero attached hydrogens (tertiary/aromatic N) is 1. The van der Waals surface area contributed by atoms with Crippen LogP contribution in [0.5, 0.6) is 0 Å². The molecule has 1 amide bonds. The second-order valence-corrected chi connectivity index (χ2v) is 6.11. The Morgan fingerprint density at radius 3 is 2.55 bits per heavy atom. The van der Waals surface area contributed by atoms with Gasteiger partial charge in [-0.2, -0.15) is 0 Å². The predicted molar refractivity (Wildman–Crippen MR) is 89.9 cm³/mol. The van der Waals surface area contributed by atoms with E-state index in [4.69, 9.17) is 18.0 Å². The van der Waals surface area contributed by atoms with Crippen molar-refractivity contribution in [1.82, 2.24) is 4.98 Å². The minimum absolute atomic E-state index is 0.248. The lowest BCUT2D eigenvalue weighted by atomic mass is 10.2. The first-order chi connectivity index (χ1) is 9.47. The minimum Gasteiger partial charge on any atom is -0.389 e. The lowest BCUT2D eigenvalue weighted by molar-refractivity contribution is 0.102. The van der Waals surface area contributed by atoms with E-state index in [1.54, 1.807) is 30.5 Å². The van der Waals surface area contributed by atoms with Crippen LogP contribution in [0.25, 0.3) is 0 Å². The second-order valence-electron chi connectivity index (χ2n) is 3.90. The average Bonchev–Trinajstić information content (AvgIpc) is 2.40. The van der Waals surface area contributed by atoms with Crippen LogP contribution in [-0.4, -0.2) is 15.9 Å². The monoisotopic (exact) mass is 413 g/mol. The largest absolute Gasteiger partial charge is 0.389 e. The van der Waals surface area contributed by atoms with Crippen LogP contribution < -0.4 is 11.1 Å². The molecule has 7 heteroatoms. The lowest BCUT2D eigenvalue weighted by Crippen LogP contribution is -2.14. The number of carbonyl (C=O) groups is 1. The van der Waals surface area contributed by atoms with Crippen LogP contribution in [-0.2, 0) is 0 Å². The number of carbonyl (C=O) groups excluding carboxylic acids is 1. The number of aromatic nitrogens is 1. The van der Waals surface area contributed by atoms with Gasteiger partial charge in [-0.3, -0.25) is 9.78 Å². The molecule has 102 valence electrons. The molecule has 0 unspecified atom stereocenters. The molecule has 1 aromatic carbocycles. The van der Waals surface area contributed by atoms with E-state index in [0.717, 1.165) is 10.0 Å². The standard InChI is InChI=1S/C13H9Br2N3OS/c14-9-3-8(5-17-6-9)13(19)18-11-2-1-7(12(16)20)4-10(11)15/h1-6H,(H2,16,20)(H,18,19). The molecule has 2 aromatic rings. The zero-order chi connectivity index (χ0) is 14.7. The summed E-state index contributed by atoms with van der Waals surface area (Å²) in [5.74, 6) is -0.248. The topological polar surface area (TPSA) is 68.0 Å². The van der Waals surface area contributed by atoms with Gasteiger partial charge in [-0.1, -0.05) is 12.2 Å². The average molecular weight is 415 g/mol. The van der Waals surface area contributed by atoms with E-state index in [1.165, 1.54) is 6.20 Å². The number of halogens is 2. The number of anilines is 1. The van der Waals surface area contributed by atoms with Crippen molar-refractivity contribution in [3.63, 3.8) is 0 Å². The van der Waals surface area contributed by atoms with Gasteiger partial charge in [0.25, 0.3) is 5.91 Å². The summed E-state index contributed by atoms with van der Waals surface area (Å²) >= 11 is 11.6. The van der Waals surface area contributed by atoms with Gasteiger partial charge in [0.05, 0.1) is 11.3 Å². The van der Waals surface area contributed by atoms with Crippen LogP contribution in [0, 0.1) is 0 Å². The Balaban J connectivity index is 2.22. The molecule has 0 aliphatic rings. The molecule has 0 aliphatic carbocycles. The number of rotatable bonds is 3. The molecule has 0 radical (unpaired) electrons. The molecule has 3 N–H and O–H groups in total. The van der Waals surface area contributed by atoms with Gasteiger partial charge in [0.2, 0.25) is 0 Å². The van der Waals surface area contributed by atoms with Crippen molar-refractivity contribution >= 4 is 60.7 Å². The number of pyridine rings is 1. The maximum atomic E-state index is 12.1. The number of nitrogens with two attached hydrogens (primary N) is 1. The van der Waals surface area contributed by atoms with Gasteiger partial charge in [0.1, 0.15) is 4.99 Å². The van der Waals surface area contributed by atoms with Gasteiger partial charge in [0.15, 0.2) is 0 Å². The Bertz CT molecular complexity index is 691. The summed E-state index contributed by atoms with van der Waals surface area (Å²) < 4.78 is 1.45. The molecule has 0 saturated heterocycles. The summed E-state index contributed by atoms with van der Waals surface area (Å²) in [6.07, 6.45) is 3.11.